The van der Waals surface area contributed by atoms with Crippen molar-refractivity contribution in [1.29, 1.82) is 0 Å². The number of hydrogen-bond donors (Lipinski definition) is 4. The largest absolute Gasteiger partial charge is 0.395 e. The van der Waals surface area contributed by atoms with Crippen LogP contribution in [-0.2, 0) is 0 Å². The zero-order valence-corrected chi connectivity index (χ0v) is 16.4. The third-order valence-corrected chi connectivity index (χ3v) is 7.39. The number of nitrogens with one attached hydrogen (secondary N) is 2. The number of amides is 1. The average Bonchev–Trinajstić information content (AvgIpc) is 2.60. The SMILES string of the molecule is C[C@@H]1CC[C@@H](Nc2nc(NC34CC(C(F)(F)F)(C3)[C@@H]4C)ncc2C(N)=O)C[C@H]1O. The number of alkyl halides is 3. The van der Waals surface area contributed by atoms with Gasteiger partial charge < -0.3 is 21.5 Å². The summed E-state index contributed by atoms with van der Waals surface area (Å²) < 4.78 is 39.8. The molecule has 4 aliphatic rings. The molecule has 0 saturated heterocycles. The van der Waals surface area contributed by atoms with Gasteiger partial charge in [-0.3, -0.25) is 4.79 Å². The van der Waals surface area contributed by atoms with Gasteiger partial charge in [-0.25, -0.2) is 4.98 Å². The minimum atomic E-state index is -4.21. The zero-order valence-electron chi connectivity index (χ0n) is 16.4. The highest BCUT2D eigenvalue weighted by molar-refractivity contribution is 5.97. The zero-order chi connectivity index (χ0) is 21.2. The molecule has 5 N–H and O–H groups in total. The highest BCUT2D eigenvalue weighted by Crippen LogP contribution is 2.77. The second-order valence-corrected chi connectivity index (χ2v) is 9.03. The summed E-state index contributed by atoms with van der Waals surface area (Å²) in [6.07, 6.45) is -1.21. The molecule has 1 heterocycles. The highest BCUT2D eigenvalue weighted by atomic mass is 19.4. The van der Waals surface area contributed by atoms with E-state index in [9.17, 15) is 23.1 Å². The van der Waals surface area contributed by atoms with Gasteiger partial charge >= 0.3 is 6.18 Å². The lowest BCUT2D eigenvalue weighted by Gasteiger charge is -2.75. The quantitative estimate of drug-likeness (QED) is 0.590. The van der Waals surface area contributed by atoms with Gasteiger partial charge in [0.2, 0.25) is 5.95 Å². The number of carbonyl (C=O) groups is 1. The van der Waals surface area contributed by atoms with Crippen LogP contribution in [0, 0.1) is 17.3 Å². The van der Waals surface area contributed by atoms with Gasteiger partial charge in [-0.1, -0.05) is 13.8 Å². The monoisotopic (exact) mass is 413 g/mol. The first-order valence-electron chi connectivity index (χ1n) is 9.94. The van der Waals surface area contributed by atoms with E-state index in [1.807, 2.05) is 6.92 Å². The molecule has 29 heavy (non-hydrogen) atoms. The molecule has 0 radical (unpaired) electrons. The van der Waals surface area contributed by atoms with Gasteiger partial charge in [-0.15, -0.1) is 0 Å². The van der Waals surface area contributed by atoms with E-state index in [1.54, 1.807) is 6.92 Å². The third-order valence-electron chi connectivity index (χ3n) is 7.39. The number of hydrogen-bond acceptors (Lipinski definition) is 6. The number of nitrogens with zero attached hydrogens (tertiary/aromatic N) is 2. The maximum Gasteiger partial charge on any atom is 0.395 e. The highest BCUT2D eigenvalue weighted by Gasteiger charge is 2.83. The summed E-state index contributed by atoms with van der Waals surface area (Å²) in [6, 6.07) is -0.0792. The van der Waals surface area contributed by atoms with E-state index >= 15 is 0 Å². The second-order valence-electron chi connectivity index (χ2n) is 9.03. The van der Waals surface area contributed by atoms with Crippen LogP contribution in [0.1, 0.15) is 56.3 Å². The van der Waals surface area contributed by atoms with Crippen LogP contribution in [-0.4, -0.2) is 44.8 Å². The standard InChI is InChI=1S/C19H26F3N5O2/c1-9-3-4-11(5-13(9)28)25-15-12(14(23)29)6-24-16(26-15)27-18-7-17(8-18,10(18)2)19(20,21)22/h6,9-11,13,28H,3-5,7-8H2,1-2H3,(H2,23,29)(H2,24,25,26,27)/t9-,10+,11-,13-,17?,18?/m1/s1. The fourth-order valence-electron chi connectivity index (χ4n) is 5.17. The Labute approximate surface area is 166 Å². The summed E-state index contributed by atoms with van der Waals surface area (Å²) in [6.45, 7) is 3.58. The molecule has 4 aliphatic carbocycles. The van der Waals surface area contributed by atoms with Crippen LogP contribution in [0.4, 0.5) is 24.9 Å². The Kier molecular flexibility index (Phi) is 4.49. The predicted octanol–water partition coefficient (Wildman–Crippen LogP) is 2.68. The van der Waals surface area contributed by atoms with Crippen molar-refractivity contribution in [2.45, 2.75) is 69.8 Å². The fraction of sp³-hybridized carbons (Fsp3) is 0.737. The summed E-state index contributed by atoms with van der Waals surface area (Å²) in [5, 5.41) is 16.3. The molecule has 160 valence electrons. The third kappa shape index (κ3) is 3.03. The molecule has 5 rings (SSSR count). The van der Waals surface area contributed by atoms with Crippen molar-refractivity contribution in [2.24, 2.45) is 23.0 Å². The number of nitrogens with two attached hydrogens (primary N) is 1. The van der Waals surface area contributed by atoms with E-state index in [1.165, 1.54) is 6.20 Å². The van der Waals surface area contributed by atoms with Gasteiger partial charge in [0.1, 0.15) is 5.82 Å². The molecule has 1 aromatic heterocycles. The molecule has 4 saturated carbocycles. The smallest absolute Gasteiger partial charge is 0.393 e. The summed E-state index contributed by atoms with van der Waals surface area (Å²) in [5.74, 6) is -0.645. The predicted molar refractivity (Wildman–Crippen MR) is 100 cm³/mol. The first kappa shape index (κ1) is 20.2. The van der Waals surface area contributed by atoms with Crippen molar-refractivity contribution >= 4 is 17.7 Å². The minimum Gasteiger partial charge on any atom is -0.393 e. The molecule has 1 aromatic rings. The normalized spacial score (nSPS) is 38.6. The first-order valence-corrected chi connectivity index (χ1v) is 9.94. The van der Waals surface area contributed by atoms with Crippen molar-refractivity contribution < 1.29 is 23.1 Å². The van der Waals surface area contributed by atoms with Crippen LogP contribution >= 0.6 is 0 Å². The Bertz CT molecular complexity index is 825. The van der Waals surface area contributed by atoms with Gasteiger partial charge in [-0.05, 0) is 43.9 Å². The number of carbonyl (C=O) groups excluding carboxylic acids is 1. The van der Waals surface area contributed by atoms with Crippen LogP contribution in [0.15, 0.2) is 6.20 Å². The van der Waals surface area contributed by atoms with E-state index < -0.39 is 35.1 Å². The van der Waals surface area contributed by atoms with E-state index in [4.69, 9.17) is 5.73 Å². The summed E-state index contributed by atoms with van der Waals surface area (Å²) >= 11 is 0. The Hall–Kier alpha value is -2.10. The molecule has 0 spiro atoms. The molecule has 4 fully saturated rings. The van der Waals surface area contributed by atoms with Crippen molar-refractivity contribution in [2.75, 3.05) is 10.6 Å². The van der Waals surface area contributed by atoms with E-state index in [0.717, 1.165) is 12.8 Å². The Morgan fingerprint density at radius 3 is 2.55 bits per heavy atom. The first-order chi connectivity index (χ1) is 13.5. The van der Waals surface area contributed by atoms with E-state index in [2.05, 4.69) is 20.6 Å². The minimum absolute atomic E-state index is 0.00106. The fourth-order valence-corrected chi connectivity index (χ4v) is 5.17. The van der Waals surface area contributed by atoms with Gasteiger partial charge in [-0.2, -0.15) is 18.2 Å². The molecule has 0 aromatic carbocycles. The Morgan fingerprint density at radius 1 is 1.31 bits per heavy atom. The summed E-state index contributed by atoms with van der Waals surface area (Å²) in [4.78, 5) is 20.2. The number of rotatable bonds is 5. The van der Waals surface area contributed by atoms with Gasteiger partial charge in [0.05, 0.1) is 17.1 Å². The van der Waals surface area contributed by atoms with Gasteiger partial charge in [0, 0.05) is 17.8 Å². The van der Waals surface area contributed by atoms with Crippen LogP contribution in [0.25, 0.3) is 0 Å². The van der Waals surface area contributed by atoms with Crippen molar-refractivity contribution in [3.05, 3.63) is 11.8 Å². The molecule has 4 atom stereocenters. The van der Waals surface area contributed by atoms with E-state index in [0.29, 0.717) is 6.42 Å². The van der Waals surface area contributed by atoms with Crippen LogP contribution in [0.3, 0.4) is 0 Å². The van der Waals surface area contributed by atoms with Crippen molar-refractivity contribution in [3.8, 4) is 0 Å². The maximum atomic E-state index is 13.3. The van der Waals surface area contributed by atoms with Gasteiger partial charge in [0.25, 0.3) is 5.91 Å². The number of anilines is 2. The van der Waals surface area contributed by atoms with Crippen LogP contribution < -0.4 is 16.4 Å². The number of aromatic nitrogens is 2. The number of primary amides is 1. The lowest BCUT2D eigenvalue weighted by atomic mass is 9.33. The lowest BCUT2D eigenvalue weighted by Crippen LogP contribution is -2.82. The summed E-state index contributed by atoms with van der Waals surface area (Å²) in [5.41, 5.74) is 3.26. The molecule has 2 bridgehead atoms. The van der Waals surface area contributed by atoms with Gasteiger partial charge in [0.15, 0.2) is 0 Å². The maximum absolute atomic E-state index is 13.3. The van der Waals surface area contributed by atoms with Crippen molar-refractivity contribution in [3.63, 3.8) is 0 Å². The van der Waals surface area contributed by atoms with Crippen LogP contribution in [0.5, 0.6) is 0 Å². The molecule has 7 nitrogen and oxygen atoms in total. The van der Waals surface area contributed by atoms with Crippen molar-refractivity contribution in [1.82, 2.24) is 9.97 Å². The van der Waals surface area contributed by atoms with Crippen LogP contribution in [0.2, 0.25) is 0 Å². The number of halogens is 3. The molecular weight excluding hydrogens is 387 g/mol. The number of aliphatic hydroxyl groups excluding tert-OH is 1. The van der Waals surface area contributed by atoms with E-state index in [-0.39, 0.29) is 42.1 Å². The Balaban J connectivity index is 1.50. The molecule has 1 amide bonds. The molecule has 10 heteroatoms. The molecular formula is C19H26F3N5O2. The topological polar surface area (TPSA) is 113 Å². The molecule has 0 aliphatic heterocycles. The average molecular weight is 413 g/mol. The summed E-state index contributed by atoms with van der Waals surface area (Å²) in [7, 11) is 0. The second kappa shape index (κ2) is 6.45. The lowest BCUT2D eigenvalue weighted by molar-refractivity contribution is -0.360. The molecule has 0 unspecified atom stereocenters. The Morgan fingerprint density at radius 2 is 2.00 bits per heavy atom. The number of aliphatic hydroxyl groups is 1.